The van der Waals surface area contributed by atoms with Crippen molar-refractivity contribution in [1.82, 2.24) is 19.6 Å². The first-order valence-corrected chi connectivity index (χ1v) is 9.09. The van der Waals surface area contributed by atoms with Gasteiger partial charge in [-0.3, -0.25) is 9.78 Å². The number of carbonyl (C=O) groups is 1. The van der Waals surface area contributed by atoms with Gasteiger partial charge in [0.1, 0.15) is 6.33 Å². The average molecular weight is 432 g/mol. The molecule has 30 heavy (non-hydrogen) atoms. The summed E-state index contributed by atoms with van der Waals surface area (Å²) in [4.78, 5) is 20.6. The van der Waals surface area contributed by atoms with E-state index in [9.17, 15) is 18.0 Å². The second-order valence-corrected chi connectivity index (χ2v) is 6.84. The van der Waals surface area contributed by atoms with E-state index in [4.69, 9.17) is 11.6 Å². The van der Waals surface area contributed by atoms with E-state index in [0.717, 1.165) is 23.3 Å². The molecule has 0 aliphatic rings. The topological polar surface area (TPSA) is 72.2 Å². The molecule has 4 aromatic rings. The maximum Gasteiger partial charge on any atom is 0.417 e. The van der Waals surface area contributed by atoms with E-state index in [1.165, 1.54) is 12.4 Å². The average Bonchev–Trinajstić information content (AvgIpc) is 3.17. The summed E-state index contributed by atoms with van der Waals surface area (Å²) in [6, 6.07) is 10.4. The lowest BCUT2D eigenvalue weighted by Gasteiger charge is -2.12. The number of aromatic nitrogens is 4. The Morgan fingerprint density at radius 1 is 1.07 bits per heavy atom. The third-order valence-corrected chi connectivity index (χ3v) is 4.67. The quantitative estimate of drug-likeness (QED) is 0.510. The van der Waals surface area contributed by atoms with Crippen LogP contribution in [0, 0.1) is 0 Å². The Bertz CT molecular complexity index is 1220. The Labute approximate surface area is 173 Å². The minimum atomic E-state index is -4.61. The molecule has 152 valence electrons. The second-order valence-electron chi connectivity index (χ2n) is 6.43. The van der Waals surface area contributed by atoms with Crippen LogP contribution in [0.2, 0.25) is 5.02 Å². The van der Waals surface area contributed by atoms with E-state index in [-0.39, 0.29) is 12.1 Å². The lowest BCUT2D eigenvalue weighted by atomic mass is 10.1. The molecular weight excluding hydrogens is 419 g/mol. The highest BCUT2D eigenvalue weighted by molar-refractivity contribution is 6.31. The molecule has 0 unspecified atom stereocenters. The molecular formula is C20H13ClF3N5O. The van der Waals surface area contributed by atoms with Gasteiger partial charge in [0.2, 0.25) is 5.91 Å². The molecule has 3 heterocycles. The SMILES string of the molecule is O=C(Cc1ccc(-c2ccn3ncnc3c2)cn1)Nc1ccc(Cl)c(C(F)(F)F)c1. The minimum Gasteiger partial charge on any atom is -0.326 e. The van der Waals surface area contributed by atoms with Gasteiger partial charge in [-0.2, -0.15) is 18.3 Å². The molecule has 3 aromatic heterocycles. The van der Waals surface area contributed by atoms with Crippen LogP contribution in [0.5, 0.6) is 0 Å². The maximum absolute atomic E-state index is 12.9. The van der Waals surface area contributed by atoms with Crippen molar-refractivity contribution in [3.63, 3.8) is 0 Å². The fraction of sp³-hybridized carbons (Fsp3) is 0.100. The van der Waals surface area contributed by atoms with Crippen LogP contribution in [0.25, 0.3) is 16.8 Å². The zero-order chi connectivity index (χ0) is 21.3. The highest BCUT2D eigenvalue weighted by Crippen LogP contribution is 2.36. The van der Waals surface area contributed by atoms with Gasteiger partial charge in [-0.25, -0.2) is 9.50 Å². The number of anilines is 1. The van der Waals surface area contributed by atoms with E-state index >= 15 is 0 Å². The molecule has 0 atom stereocenters. The molecule has 0 fully saturated rings. The Morgan fingerprint density at radius 3 is 2.63 bits per heavy atom. The van der Waals surface area contributed by atoms with Gasteiger partial charge in [0.05, 0.1) is 17.0 Å². The summed E-state index contributed by atoms with van der Waals surface area (Å²) in [7, 11) is 0. The number of alkyl halides is 3. The van der Waals surface area contributed by atoms with Crippen molar-refractivity contribution in [3.8, 4) is 11.1 Å². The first-order valence-electron chi connectivity index (χ1n) is 8.71. The second kappa shape index (κ2) is 7.75. The third-order valence-electron chi connectivity index (χ3n) is 4.34. The van der Waals surface area contributed by atoms with Gasteiger partial charge in [0.15, 0.2) is 5.65 Å². The van der Waals surface area contributed by atoms with E-state index < -0.39 is 22.7 Å². The number of rotatable bonds is 4. The zero-order valence-corrected chi connectivity index (χ0v) is 15.9. The highest BCUT2D eigenvalue weighted by Gasteiger charge is 2.33. The summed E-state index contributed by atoms with van der Waals surface area (Å²) in [6.45, 7) is 0. The van der Waals surface area contributed by atoms with Gasteiger partial charge in [-0.1, -0.05) is 17.7 Å². The molecule has 10 heteroatoms. The molecule has 1 aromatic carbocycles. The first kappa shape index (κ1) is 19.8. The van der Waals surface area contributed by atoms with Crippen LogP contribution in [-0.2, 0) is 17.4 Å². The summed E-state index contributed by atoms with van der Waals surface area (Å²) in [6.07, 6.45) is 0.158. The third kappa shape index (κ3) is 4.25. The number of benzene rings is 1. The van der Waals surface area contributed by atoms with Crippen molar-refractivity contribution in [2.45, 2.75) is 12.6 Å². The number of hydrogen-bond donors (Lipinski definition) is 1. The molecule has 4 rings (SSSR count). The van der Waals surface area contributed by atoms with Crippen LogP contribution in [0.3, 0.4) is 0 Å². The van der Waals surface area contributed by atoms with Crippen molar-refractivity contribution in [2.75, 3.05) is 5.32 Å². The number of halogens is 4. The highest BCUT2D eigenvalue weighted by atomic mass is 35.5. The number of nitrogens with one attached hydrogen (secondary N) is 1. The van der Waals surface area contributed by atoms with Crippen LogP contribution >= 0.6 is 11.6 Å². The molecule has 0 spiro atoms. The molecule has 0 bridgehead atoms. The van der Waals surface area contributed by atoms with Crippen molar-refractivity contribution in [1.29, 1.82) is 0 Å². The molecule has 0 radical (unpaired) electrons. The van der Waals surface area contributed by atoms with Crippen LogP contribution in [-0.4, -0.2) is 25.5 Å². The Hall–Kier alpha value is -3.46. The predicted octanol–water partition coefficient (Wildman–Crippen LogP) is 4.64. The van der Waals surface area contributed by atoms with Gasteiger partial charge in [-0.15, -0.1) is 0 Å². The summed E-state index contributed by atoms with van der Waals surface area (Å²) in [5.41, 5.74) is 1.89. The fourth-order valence-corrected chi connectivity index (χ4v) is 3.11. The molecule has 0 saturated heterocycles. The van der Waals surface area contributed by atoms with E-state index in [1.807, 2.05) is 18.2 Å². The fourth-order valence-electron chi connectivity index (χ4n) is 2.88. The van der Waals surface area contributed by atoms with E-state index in [2.05, 4.69) is 20.4 Å². The van der Waals surface area contributed by atoms with Crippen molar-refractivity contribution >= 4 is 28.8 Å². The standard InChI is InChI=1S/C20H13ClF3N5O/c21-17-4-3-15(8-16(17)20(22,23)24)28-19(30)9-14-2-1-13(10-25-14)12-5-6-29-18(7-12)26-11-27-29/h1-8,10-11H,9H2,(H,28,30). The molecule has 1 N–H and O–H groups in total. The first-order chi connectivity index (χ1) is 14.3. The van der Waals surface area contributed by atoms with Gasteiger partial charge >= 0.3 is 6.18 Å². The van der Waals surface area contributed by atoms with Crippen LogP contribution in [0.4, 0.5) is 18.9 Å². The number of amides is 1. The van der Waals surface area contributed by atoms with Gasteiger partial charge in [0.25, 0.3) is 0 Å². The largest absolute Gasteiger partial charge is 0.417 e. The van der Waals surface area contributed by atoms with Crippen LogP contribution in [0.1, 0.15) is 11.3 Å². The van der Waals surface area contributed by atoms with Crippen molar-refractivity contribution < 1.29 is 18.0 Å². The molecule has 0 aliphatic heterocycles. The summed E-state index contributed by atoms with van der Waals surface area (Å²) in [5, 5.41) is 6.04. The van der Waals surface area contributed by atoms with E-state index in [0.29, 0.717) is 11.3 Å². The summed E-state index contributed by atoms with van der Waals surface area (Å²) in [5.74, 6) is -0.490. The van der Waals surface area contributed by atoms with Crippen LogP contribution < -0.4 is 5.32 Å². The molecule has 0 aliphatic carbocycles. The maximum atomic E-state index is 12.9. The normalized spacial score (nSPS) is 11.6. The lowest BCUT2D eigenvalue weighted by Crippen LogP contribution is -2.16. The number of hydrogen-bond acceptors (Lipinski definition) is 4. The molecule has 1 amide bonds. The zero-order valence-electron chi connectivity index (χ0n) is 15.2. The van der Waals surface area contributed by atoms with E-state index in [1.54, 1.807) is 23.0 Å². The predicted molar refractivity (Wildman–Crippen MR) is 105 cm³/mol. The minimum absolute atomic E-state index is 0.00922. The number of fused-ring (bicyclic) bond motifs is 1. The van der Waals surface area contributed by atoms with Gasteiger partial charge in [-0.05, 0) is 42.0 Å². The number of pyridine rings is 2. The smallest absolute Gasteiger partial charge is 0.326 e. The molecule has 6 nitrogen and oxygen atoms in total. The van der Waals surface area contributed by atoms with Gasteiger partial charge < -0.3 is 5.32 Å². The summed E-state index contributed by atoms with van der Waals surface area (Å²) < 4.78 is 40.5. The van der Waals surface area contributed by atoms with Gasteiger partial charge in [0, 0.05) is 29.3 Å². The van der Waals surface area contributed by atoms with Crippen LogP contribution in [0.15, 0.2) is 61.2 Å². The van der Waals surface area contributed by atoms with Crippen molar-refractivity contribution in [3.05, 3.63) is 77.5 Å². The monoisotopic (exact) mass is 431 g/mol. The Morgan fingerprint density at radius 2 is 1.90 bits per heavy atom. The Kier molecular flexibility index (Phi) is 5.13. The number of nitrogens with zero attached hydrogens (tertiary/aromatic N) is 4. The summed E-state index contributed by atoms with van der Waals surface area (Å²) >= 11 is 5.59. The molecule has 0 saturated carbocycles. The lowest BCUT2D eigenvalue weighted by molar-refractivity contribution is -0.137. The Balaban J connectivity index is 1.45. The number of carbonyl (C=O) groups excluding carboxylic acids is 1. The van der Waals surface area contributed by atoms with Crippen molar-refractivity contribution in [2.24, 2.45) is 0 Å².